The molecule has 0 aliphatic heterocycles. The van der Waals surface area contributed by atoms with Gasteiger partial charge in [0.05, 0.1) is 5.69 Å². The molecule has 7 aromatic carbocycles. The highest BCUT2D eigenvalue weighted by atomic mass is 16.3. The van der Waals surface area contributed by atoms with Gasteiger partial charge in [-0.3, -0.25) is 0 Å². The summed E-state index contributed by atoms with van der Waals surface area (Å²) >= 11 is 0. The molecule has 8 rings (SSSR count). The van der Waals surface area contributed by atoms with Crippen LogP contribution in [-0.4, -0.2) is 4.98 Å². The lowest BCUT2D eigenvalue weighted by atomic mass is 10.0. The number of anilines is 3. The fourth-order valence-corrected chi connectivity index (χ4v) is 5.75. The fourth-order valence-electron chi connectivity index (χ4n) is 5.75. The van der Waals surface area contributed by atoms with E-state index in [1.54, 1.807) is 0 Å². The van der Waals surface area contributed by atoms with Crippen molar-refractivity contribution in [1.82, 2.24) is 4.98 Å². The second-order valence-electron chi connectivity index (χ2n) is 10.5. The lowest BCUT2D eigenvalue weighted by Gasteiger charge is -2.27. The fraction of sp³-hybridized carbons (Fsp3) is 0. The minimum atomic E-state index is 0.638. The van der Waals surface area contributed by atoms with Gasteiger partial charge in [-0.1, -0.05) is 91.0 Å². The molecule has 0 amide bonds. The average Bonchev–Trinajstić information content (AvgIpc) is 3.50. The summed E-state index contributed by atoms with van der Waals surface area (Å²) in [5.74, 6) is 0.638. The van der Waals surface area contributed by atoms with E-state index < -0.39 is 0 Å². The predicted molar refractivity (Wildman–Crippen MR) is 175 cm³/mol. The van der Waals surface area contributed by atoms with Crippen molar-refractivity contribution in [2.75, 3.05) is 4.90 Å². The molecule has 0 aliphatic rings. The topological polar surface area (TPSA) is 29.3 Å². The summed E-state index contributed by atoms with van der Waals surface area (Å²) in [5, 5.41) is 4.93. The van der Waals surface area contributed by atoms with Crippen molar-refractivity contribution in [1.29, 1.82) is 0 Å². The third-order valence-electron chi connectivity index (χ3n) is 7.86. The zero-order valence-electron chi connectivity index (χ0n) is 22.8. The maximum atomic E-state index is 5.96. The zero-order valence-corrected chi connectivity index (χ0v) is 22.8. The van der Waals surface area contributed by atoms with Gasteiger partial charge in [-0.15, -0.1) is 0 Å². The molecule has 1 aromatic heterocycles. The molecular weight excluding hydrogens is 512 g/mol. The highest BCUT2D eigenvalue weighted by Gasteiger charge is 2.16. The summed E-state index contributed by atoms with van der Waals surface area (Å²) < 4.78 is 5.96. The number of fused-ring (bicyclic) bond motifs is 3. The van der Waals surface area contributed by atoms with Crippen LogP contribution >= 0.6 is 0 Å². The van der Waals surface area contributed by atoms with Gasteiger partial charge in [0.25, 0.3) is 0 Å². The lowest BCUT2D eigenvalue weighted by Crippen LogP contribution is -2.10. The molecule has 0 spiro atoms. The molecule has 8 aromatic rings. The summed E-state index contributed by atoms with van der Waals surface area (Å²) in [6.45, 7) is 0. The van der Waals surface area contributed by atoms with Gasteiger partial charge >= 0.3 is 0 Å². The van der Waals surface area contributed by atoms with Crippen molar-refractivity contribution in [3.8, 4) is 22.6 Å². The third kappa shape index (κ3) is 4.29. The van der Waals surface area contributed by atoms with Gasteiger partial charge in [-0.05, 0) is 94.0 Å². The maximum Gasteiger partial charge on any atom is 0.227 e. The van der Waals surface area contributed by atoms with Crippen molar-refractivity contribution in [3.63, 3.8) is 0 Å². The molecule has 3 nitrogen and oxygen atoms in total. The van der Waals surface area contributed by atoms with E-state index in [9.17, 15) is 0 Å². The molecule has 0 aliphatic carbocycles. The third-order valence-corrected chi connectivity index (χ3v) is 7.86. The minimum Gasteiger partial charge on any atom is -0.436 e. The standard InChI is InChI=1S/C39H26N2O/c1-2-12-33(13-3-1)41(37-15-8-11-32-25-30-9-4-5-10-31(30)26-35(32)37)34-23-21-28(22-24-34)27-17-19-29(20-18-27)39-40-36-14-6-7-16-38(36)42-39/h1-26H. The van der Waals surface area contributed by atoms with Gasteiger partial charge < -0.3 is 9.32 Å². The van der Waals surface area contributed by atoms with Gasteiger partial charge in [0.2, 0.25) is 5.89 Å². The molecule has 0 atom stereocenters. The van der Waals surface area contributed by atoms with Crippen molar-refractivity contribution in [2.45, 2.75) is 0 Å². The molecule has 0 fully saturated rings. The molecule has 1 heterocycles. The Hall–Kier alpha value is -5.67. The van der Waals surface area contributed by atoms with Crippen molar-refractivity contribution < 1.29 is 4.42 Å². The SMILES string of the molecule is c1ccc(N(c2ccc(-c3ccc(-c4nc5ccccc5o4)cc3)cc2)c2cccc3cc4ccccc4cc23)cc1. The van der Waals surface area contributed by atoms with Crippen LogP contribution in [0.25, 0.3) is 55.2 Å². The van der Waals surface area contributed by atoms with Crippen LogP contribution in [-0.2, 0) is 0 Å². The number of hydrogen-bond donors (Lipinski definition) is 0. The first kappa shape index (κ1) is 24.2. The number of rotatable bonds is 5. The van der Waals surface area contributed by atoms with Crippen molar-refractivity contribution >= 4 is 49.7 Å². The van der Waals surface area contributed by atoms with Crippen LogP contribution in [0.4, 0.5) is 17.1 Å². The Morgan fingerprint density at radius 3 is 1.81 bits per heavy atom. The highest BCUT2D eigenvalue weighted by Crippen LogP contribution is 2.40. The second-order valence-corrected chi connectivity index (χ2v) is 10.5. The smallest absolute Gasteiger partial charge is 0.227 e. The molecule has 0 saturated heterocycles. The molecule has 198 valence electrons. The van der Waals surface area contributed by atoms with Crippen LogP contribution in [0.1, 0.15) is 0 Å². The van der Waals surface area contributed by atoms with Gasteiger partial charge in [-0.2, -0.15) is 0 Å². The molecule has 3 heteroatoms. The average molecular weight is 539 g/mol. The molecule has 0 unspecified atom stereocenters. The van der Waals surface area contributed by atoms with Gasteiger partial charge in [0.1, 0.15) is 5.52 Å². The maximum absolute atomic E-state index is 5.96. The largest absolute Gasteiger partial charge is 0.436 e. The van der Waals surface area contributed by atoms with Crippen LogP contribution in [0.2, 0.25) is 0 Å². The van der Waals surface area contributed by atoms with Crippen LogP contribution < -0.4 is 4.90 Å². The highest BCUT2D eigenvalue weighted by molar-refractivity contribution is 6.06. The molecule has 0 N–H and O–H groups in total. The van der Waals surface area contributed by atoms with E-state index in [1.807, 2.05) is 24.3 Å². The zero-order chi connectivity index (χ0) is 27.9. The van der Waals surface area contributed by atoms with Gasteiger partial charge in [-0.25, -0.2) is 4.98 Å². The first-order chi connectivity index (χ1) is 20.8. The predicted octanol–water partition coefficient (Wildman–Crippen LogP) is 10.9. The summed E-state index contributed by atoms with van der Waals surface area (Å²) in [4.78, 5) is 6.98. The van der Waals surface area contributed by atoms with Crippen LogP contribution in [0, 0.1) is 0 Å². The molecule has 0 saturated carbocycles. The normalized spacial score (nSPS) is 11.3. The first-order valence-electron chi connectivity index (χ1n) is 14.1. The van der Waals surface area contributed by atoms with Crippen molar-refractivity contribution in [3.05, 3.63) is 158 Å². The van der Waals surface area contributed by atoms with E-state index in [4.69, 9.17) is 4.42 Å². The summed E-state index contributed by atoms with van der Waals surface area (Å²) in [5.41, 5.74) is 8.31. The van der Waals surface area contributed by atoms with Crippen LogP contribution in [0.3, 0.4) is 0 Å². The molecule has 42 heavy (non-hydrogen) atoms. The second kappa shape index (κ2) is 10.1. The Labute approximate surface area is 243 Å². The Bertz CT molecular complexity index is 2150. The Morgan fingerprint density at radius 1 is 0.452 bits per heavy atom. The Kier molecular flexibility index (Phi) is 5.79. The lowest BCUT2D eigenvalue weighted by molar-refractivity contribution is 0.620. The van der Waals surface area contributed by atoms with E-state index in [0.29, 0.717) is 5.89 Å². The van der Waals surface area contributed by atoms with Gasteiger partial charge in [0, 0.05) is 22.3 Å². The quantitative estimate of drug-likeness (QED) is 0.204. The van der Waals surface area contributed by atoms with E-state index in [-0.39, 0.29) is 0 Å². The monoisotopic (exact) mass is 538 g/mol. The van der Waals surface area contributed by atoms with E-state index in [1.165, 1.54) is 21.5 Å². The van der Waals surface area contributed by atoms with E-state index in [0.717, 1.165) is 44.9 Å². The summed E-state index contributed by atoms with van der Waals surface area (Å²) in [6.07, 6.45) is 0. The number of para-hydroxylation sites is 3. The molecule has 0 bridgehead atoms. The van der Waals surface area contributed by atoms with E-state index >= 15 is 0 Å². The number of hydrogen-bond acceptors (Lipinski definition) is 3. The Balaban J connectivity index is 1.17. The van der Waals surface area contributed by atoms with Crippen LogP contribution in [0.5, 0.6) is 0 Å². The molecular formula is C39H26N2O. The first-order valence-corrected chi connectivity index (χ1v) is 14.1. The van der Waals surface area contributed by atoms with E-state index in [2.05, 4.69) is 143 Å². The van der Waals surface area contributed by atoms with Gasteiger partial charge in [0.15, 0.2) is 5.58 Å². The minimum absolute atomic E-state index is 0.638. The number of nitrogens with zero attached hydrogens (tertiary/aromatic N) is 2. The summed E-state index contributed by atoms with van der Waals surface area (Å²) in [6, 6.07) is 55.3. The molecule has 0 radical (unpaired) electrons. The Morgan fingerprint density at radius 2 is 1.05 bits per heavy atom. The number of oxazole rings is 1. The van der Waals surface area contributed by atoms with Crippen molar-refractivity contribution in [2.24, 2.45) is 0 Å². The number of benzene rings is 7. The van der Waals surface area contributed by atoms with Crippen LogP contribution in [0.15, 0.2) is 162 Å². The number of aromatic nitrogens is 1. The summed E-state index contributed by atoms with van der Waals surface area (Å²) in [7, 11) is 0.